The van der Waals surface area contributed by atoms with Crippen LogP contribution in [0.4, 0.5) is 5.95 Å². The molecule has 1 aliphatic rings. The van der Waals surface area contributed by atoms with E-state index in [1.165, 1.54) is 0 Å². The Kier molecular flexibility index (Phi) is 4.21. The van der Waals surface area contributed by atoms with Gasteiger partial charge in [-0.1, -0.05) is 0 Å². The Morgan fingerprint density at radius 2 is 2.37 bits per heavy atom. The van der Waals surface area contributed by atoms with E-state index >= 15 is 0 Å². The number of hydrogen-bond donors (Lipinski definition) is 1. The molecule has 0 saturated carbocycles. The lowest BCUT2D eigenvalue weighted by Gasteiger charge is -2.42. The van der Waals surface area contributed by atoms with Gasteiger partial charge in [-0.05, 0) is 20.8 Å². The van der Waals surface area contributed by atoms with E-state index in [1.54, 1.807) is 12.3 Å². The van der Waals surface area contributed by atoms with Crippen LogP contribution in [0.15, 0.2) is 12.3 Å². The normalized spacial score (nSPS) is 22.3. The molecule has 2 N–H and O–H groups in total. The first kappa shape index (κ1) is 14.0. The molecule has 106 valence electrons. The van der Waals surface area contributed by atoms with Crippen LogP contribution in [-0.2, 0) is 4.74 Å². The van der Waals surface area contributed by atoms with Crippen LogP contribution in [0.2, 0.25) is 0 Å². The summed E-state index contributed by atoms with van der Waals surface area (Å²) in [5.74, 6) is 1.27. The summed E-state index contributed by atoms with van der Waals surface area (Å²) in [4.78, 5) is 10.8. The highest BCUT2D eigenvalue weighted by Crippen LogP contribution is 2.24. The van der Waals surface area contributed by atoms with Crippen molar-refractivity contribution in [1.29, 1.82) is 0 Å². The summed E-state index contributed by atoms with van der Waals surface area (Å²) in [6.07, 6.45) is 1.72. The quantitative estimate of drug-likeness (QED) is 0.869. The minimum Gasteiger partial charge on any atom is -0.478 e. The molecule has 6 heteroatoms. The van der Waals surface area contributed by atoms with Gasteiger partial charge in [-0.25, -0.2) is 4.98 Å². The van der Waals surface area contributed by atoms with Gasteiger partial charge < -0.3 is 20.1 Å². The minimum absolute atomic E-state index is 0.00287. The highest BCUT2D eigenvalue weighted by Gasteiger charge is 2.33. The monoisotopic (exact) mass is 266 g/mol. The Bertz CT molecular complexity index is 425. The Morgan fingerprint density at radius 1 is 1.58 bits per heavy atom. The molecule has 1 saturated heterocycles. The summed E-state index contributed by atoms with van der Waals surface area (Å²) in [5, 5.41) is 0. The Morgan fingerprint density at radius 3 is 3.05 bits per heavy atom. The van der Waals surface area contributed by atoms with Crippen LogP contribution in [0, 0.1) is 0 Å². The van der Waals surface area contributed by atoms with E-state index in [4.69, 9.17) is 15.2 Å². The van der Waals surface area contributed by atoms with Gasteiger partial charge >= 0.3 is 0 Å². The van der Waals surface area contributed by atoms with Gasteiger partial charge in [0.2, 0.25) is 11.8 Å². The predicted molar refractivity (Wildman–Crippen MR) is 73.4 cm³/mol. The molecule has 1 aromatic heterocycles. The summed E-state index contributed by atoms with van der Waals surface area (Å²) < 4.78 is 11.3. The second-order valence-corrected chi connectivity index (χ2v) is 5.24. The third-order valence-electron chi connectivity index (χ3n) is 2.94. The first-order valence-corrected chi connectivity index (χ1v) is 6.63. The summed E-state index contributed by atoms with van der Waals surface area (Å²) in [7, 11) is 0. The largest absolute Gasteiger partial charge is 0.478 e. The summed E-state index contributed by atoms with van der Waals surface area (Å²) in [6, 6.07) is 1.76. The molecule has 6 nitrogen and oxygen atoms in total. The zero-order valence-corrected chi connectivity index (χ0v) is 11.8. The maximum Gasteiger partial charge on any atom is 0.228 e. The molecule has 1 unspecified atom stereocenters. The average Bonchev–Trinajstić information content (AvgIpc) is 2.37. The number of anilines is 1. The van der Waals surface area contributed by atoms with Crippen LogP contribution in [0.25, 0.3) is 0 Å². The van der Waals surface area contributed by atoms with Crippen LogP contribution in [-0.4, -0.2) is 47.9 Å². The van der Waals surface area contributed by atoms with Crippen molar-refractivity contribution in [1.82, 2.24) is 9.97 Å². The fourth-order valence-corrected chi connectivity index (χ4v) is 2.28. The van der Waals surface area contributed by atoms with E-state index in [9.17, 15) is 0 Å². The van der Waals surface area contributed by atoms with E-state index in [0.29, 0.717) is 31.5 Å². The number of rotatable bonds is 4. The number of hydrogen-bond acceptors (Lipinski definition) is 6. The van der Waals surface area contributed by atoms with Crippen LogP contribution >= 0.6 is 0 Å². The highest BCUT2D eigenvalue weighted by atomic mass is 16.5. The Labute approximate surface area is 113 Å². The lowest BCUT2D eigenvalue weighted by atomic mass is 10.1. The third-order valence-corrected chi connectivity index (χ3v) is 2.94. The molecule has 0 aliphatic carbocycles. The molecule has 0 amide bonds. The molecule has 2 rings (SSSR count). The average molecular weight is 266 g/mol. The molecule has 0 spiro atoms. The molecular formula is C13H22N4O2. The topological polar surface area (TPSA) is 73.5 Å². The van der Waals surface area contributed by atoms with Crippen LogP contribution in [0.5, 0.6) is 5.88 Å². The molecule has 0 bridgehead atoms. The Hall–Kier alpha value is -1.40. The van der Waals surface area contributed by atoms with Gasteiger partial charge in [0.1, 0.15) is 0 Å². The van der Waals surface area contributed by atoms with Gasteiger partial charge in [-0.3, -0.25) is 0 Å². The van der Waals surface area contributed by atoms with E-state index < -0.39 is 0 Å². The van der Waals surface area contributed by atoms with Gasteiger partial charge in [-0.2, -0.15) is 4.98 Å². The second kappa shape index (κ2) is 5.71. The van der Waals surface area contributed by atoms with E-state index in [2.05, 4.69) is 14.9 Å². The van der Waals surface area contributed by atoms with Gasteiger partial charge in [0, 0.05) is 31.9 Å². The van der Waals surface area contributed by atoms with Crippen molar-refractivity contribution in [3.05, 3.63) is 12.3 Å². The van der Waals surface area contributed by atoms with Crippen molar-refractivity contribution in [2.24, 2.45) is 5.73 Å². The van der Waals surface area contributed by atoms with E-state index in [1.807, 2.05) is 20.8 Å². The lowest BCUT2D eigenvalue weighted by Crippen LogP contribution is -2.55. The fourth-order valence-electron chi connectivity index (χ4n) is 2.28. The number of nitrogens with two attached hydrogens (primary N) is 1. The van der Waals surface area contributed by atoms with Crippen LogP contribution in [0.1, 0.15) is 20.8 Å². The van der Waals surface area contributed by atoms with Crippen molar-refractivity contribution in [2.75, 3.05) is 31.1 Å². The molecule has 0 radical (unpaired) electrons. The molecule has 1 aliphatic heterocycles. The van der Waals surface area contributed by atoms with Crippen LogP contribution in [0.3, 0.4) is 0 Å². The third kappa shape index (κ3) is 3.54. The Balaban J connectivity index is 2.17. The zero-order chi connectivity index (χ0) is 13.9. The SMILES string of the molecule is CCOc1ccnc(N2CC(CN)OC(C)(C)C2)n1. The van der Waals surface area contributed by atoms with Crippen molar-refractivity contribution < 1.29 is 9.47 Å². The van der Waals surface area contributed by atoms with E-state index in [0.717, 1.165) is 6.54 Å². The summed E-state index contributed by atoms with van der Waals surface area (Å²) >= 11 is 0. The van der Waals surface area contributed by atoms with Gasteiger partial charge in [0.15, 0.2) is 0 Å². The fraction of sp³-hybridized carbons (Fsp3) is 0.692. The van der Waals surface area contributed by atoms with Crippen molar-refractivity contribution in [3.8, 4) is 5.88 Å². The molecular weight excluding hydrogens is 244 g/mol. The predicted octanol–water partition coefficient (Wildman–Crippen LogP) is 0.818. The lowest BCUT2D eigenvalue weighted by molar-refractivity contribution is -0.0792. The highest BCUT2D eigenvalue weighted by molar-refractivity contribution is 5.34. The first-order chi connectivity index (χ1) is 9.04. The number of ether oxygens (including phenoxy) is 2. The first-order valence-electron chi connectivity index (χ1n) is 6.63. The second-order valence-electron chi connectivity index (χ2n) is 5.24. The zero-order valence-electron chi connectivity index (χ0n) is 11.8. The van der Waals surface area contributed by atoms with Gasteiger partial charge in [0.05, 0.1) is 18.3 Å². The van der Waals surface area contributed by atoms with Gasteiger partial charge in [0.25, 0.3) is 0 Å². The van der Waals surface area contributed by atoms with Crippen molar-refractivity contribution >= 4 is 5.95 Å². The molecule has 2 heterocycles. The number of morpholine rings is 1. The molecule has 1 fully saturated rings. The standard InChI is InChI=1S/C13H22N4O2/c1-4-18-11-5-6-15-12(16-11)17-8-10(7-14)19-13(2,3)9-17/h5-6,10H,4,7-9,14H2,1-3H3. The molecule has 1 atom stereocenters. The maximum absolute atomic E-state index is 5.90. The molecule has 1 aromatic rings. The molecule has 0 aromatic carbocycles. The molecule has 19 heavy (non-hydrogen) atoms. The van der Waals surface area contributed by atoms with Crippen LogP contribution < -0.4 is 15.4 Å². The smallest absolute Gasteiger partial charge is 0.228 e. The number of nitrogens with zero attached hydrogens (tertiary/aromatic N) is 3. The van der Waals surface area contributed by atoms with Crippen molar-refractivity contribution in [2.45, 2.75) is 32.5 Å². The van der Waals surface area contributed by atoms with Gasteiger partial charge in [-0.15, -0.1) is 0 Å². The van der Waals surface area contributed by atoms with E-state index in [-0.39, 0.29) is 11.7 Å². The number of aromatic nitrogens is 2. The minimum atomic E-state index is -0.257. The maximum atomic E-state index is 5.90. The summed E-state index contributed by atoms with van der Waals surface area (Å²) in [6.45, 7) is 8.56. The van der Waals surface area contributed by atoms with Crippen molar-refractivity contribution in [3.63, 3.8) is 0 Å². The summed E-state index contributed by atoms with van der Waals surface area (Å²) in [5.41, 5.74) is 5.47.